The molecule has 0 saturated carbocycles. The zero-order chi connectivity index (χ0) is 16.3. The zero-order valence-electron chi connectivity index (χ0n) is 11.1. The van der Waals surface area contributed by atoms with Crippen LogP contribution in [0.4, 0.5) is 13.2 Å². The summed E-state index contributed by atoms with van der Waals surface area (Å²) in [4.78, 5) is 22.3. The number of nitrogens with zero attached hydrogens (tertiary/aromatic N) is 1. The summed E-state index contributed by atoms with van der Waals surface area (Å²) >= 11 is 0. The van der Waals surface area contributed by atoms with Gasteiger partial charge in [-0.05, 0) is 19.1 Å². The lowest BCUT2D eigenvalue weighted by molar-refractivity contribution is -0.142. The van der Waals surface area contributed by atoms with E-state index in [0.29, 0.717) is 0 Å². The summed E-state index contributed by atoms with van der Waals surface area (Å²) in [5.74, 6) is -2.08. The van der Waals surface area contributed by atoms with Crippen molar-refractivity contribution >= 4 is 11.9 Å². The quantitative estimate of drug-likeness (QED) is 0.731. The van der Waals surface area contributed by atoms with E-state index in [2.05, 4.69) is 5.32 Å². The van der Waals surface area contributed by atoms with Crippen LogP contribution < -0.4 is 5.32 Å². The Morgan fingerprint density at radius 3 is 2.52 bits per heavy atom. The molecule has 0 aliphatic heterocycles. The number of halogens is 3. The van der Waals surface area contributed by atoms with E-state index < -0.39 is 43.2 Å². The van der Waals surface area contributed by atoms with Gasteiger partial charge in [0.05, 0.1) is 12.0 Å². The van der Waals surface area contributed by atoms with Crippen LogP contribution in [-0.2, 0) is 11.3 Å². The van der Waals surface area contributed by atoms with Crippen molar-refractivity contribution in [3.63, 3.8) is 0 Å². The van der Waals surface area contributed by atoms with Gasteiger partial charge in [0.15, 0.2) is 0 Å². The summed E-state index contributed by atoms with van der Waals surface area (Å²) < 4.78 is 37.7. The second-order valence-corrected chi connectivity index (χ2v) is 4.89. The first-order chi connectivity index (χ1) is 9.50. The number of nitrogens with one attached hydrogen (secondary N) is 1. The number of rotatable bonds is 6. The Kier molecular flexibility index (Phi) is 5.00. The topological polar surface area (TPSA) is 91.6 Å². The molecule has 1 amide bonds. The van der Waals surface area contributed by atoms with Crippen molar-refractivity contribution in [2.24, 2.45) is 0 Å². The van der Waals surface area contributed by atoms with Gasteiger partial charge in [-0.1, -0.05) is 0 Å². The number of aliphatic carboxylic acids is 1. The van der Waals surface area contributed by atoms with Gasteiger partial charge in [0, 0.05) is 12.7 Å². The normalized spacial score (nSPS) is 14.5. The number of carboxylic acid groups (broad SMARTS) is 1. The molecule has 1 aromatic rings. The first-order valence-corrected chi connectivity index (χ1v) is 5.94. The number of amides is 1. The molecular weight excluding hydrogens is 293 g/mol. The van der Waals surface area contributed by atoms with Crippen LogP contribution in [0.5, 0.6) is 0 Å². The Morgan fingerprint density at radius 1 is 1.38 bits per heavy atom. The monoisotopic (exact) mass is 308 g/mol. The standard InChI is InChI=1S/C12H15F3N2O4/c1-11(21,5-9(18)19)6-16-10(20)8-3-2-4-17(8)7-12(13,14)15/h2-4,21H,5-7H2,1H3,(H,16,20)(H,18,19). The summed E-state index contributed by atoms with van der Waals surface area (Å²) in [5.41, 5.74) is -1.92. The van der Waals surface area contributed by atoms with E-state index in [-0.39, 0.29) is 5.69 Å². The molecule has 0 aliphatic carbocycles. The first-order valence-electron chi connectivity index (χ1n) is 5.94. The van der Waals surface area contributed by atoms with Gasteiger partial charge in [-0.15, -0.1) is 0 Å². The van der Waals surface area contributed by atoms with E-state index in [1.807, 2.05) is 0 Å². The van der Waals surface area contributed by atoms with Crippen LogP contribution in [0, 0.1) is 0 Å². The van der Waals surface area contributed by atoms with Crippen molar-refractivity contribution < 1.29 is 33.0 Å². The highest BCUT2D eigenvalue weighted by Crippen LogP contribution is 2.19. The van der Waals surface area contributed by atoms with Crippen molar-refractivity contribution in [1.29, 1.82) is 0 Å². The summed E-state index contributed by atoms with van der Waals surface area (Å²) in [6.45, 7) is -0.500. The van der Waals surface area contributed by atoms with E-state index in [1.165, 1.54) is 19.1 Å². The third-order valence-corrected chi connectivity index (χ3v) is 2.57. The van der Waals surface area contributed by atoms with Crippen LogP contribution >= 0.6 is 0 Å². The van der Waals surface area contributed by atoms with Gasteiger partial charge in [-0.3, -0.25) is 9.59 Å². The molecule has 1 aromatic heterocycles. The molecule has 0 aliphatic rings. The molecule has 0 fully saturated rings. The highest BCUT2D eigenvalue weighted by atomic mass is 19.4. The molecule has 3 N–H and O–H groups in total. The summed E-state index contributed by atoms with van der Waals surface area (Å²) in [5, 5.41) is 20.5. The van der Waals surface area contributed by atoms with Crippen LogP contribution in [0.25, 0.3) is 0 Å². The Balaban J connectivity index is 2.69. The van der Waals surface area contributed by atoms with Crippen LogP contribution in [0.2, 0.25) is 0 Å². The van der Waals surface area contributed by atoms with Crippen molar-refractivity contribution in [3.8, 4) is 0 Å². The minimum atomic E-state index is -4.47. The van der Waals surface area contributed by atoms with Crippen molar-refractivity contribution in [2.45, 2.75) is 31.7 Å². The molecule has 118 valence electrons. The zero-order valence-corrected chi connectivity index (χ0v) is 11.1. The van der Waals surface area contributed by atoms with Crippen molar-refractivity contribution in [1.82, 2.24) is 9.88 Å². The molecule has 9 heteroatoms. The minimum Gasteiger partial charge on any atom is -0.481 e. The predicted molar refractivity (Wildman–Crippen MR) is 65.7 cm³/mol. The van der Waals surface area contributed by atoms with Gasteiger partial charge >= 0.3 is 12.1 Å². The Bertz CT molecular complexity index is 523. The van der Waals surface area contributed by atoms with E-state index in [4.69, 9.17) is 5.11 Å². The molecule has 6 nitrogen and oxygen atoms in total. The first kappa shape index (κ1) is 17.0. The van der Waals surface area contributed by atoms with E-state index >= 15 is 0 Å². The van der Waals surface area contributed by atoms with Gasteiger partial charge in [0.1, 0.15) is 12.2 Å². The predicted octanol–water partition coefficient (Wildman–Crippen LogP) is 1.01. The van der Waals surface area contributed by atoms with Gasteiger partial charge in [-0.25, -0.2) is 0 Å². The summed E-state index contributed by atoms with van der Waals surface area (Å²) in [6, 6.07) is 2.49. The fraction of sp³-hybridized carbons (Fsp3) is 0.500. The second-order valence-electron chi connectivity index (χ2n) is 4.89. The van der Waals surface area contributed by atoms with Gasteiger partial charge < -0.3 is 20.1 Å². The van der Waals surface area contributed by atoms with Crippen LogP contribution in [0.15, 0.2) is 18.3 Å². The van der Waals surface area contributed by atoms with E-state index in [0.717, 1.165) is 10.8 Å². The summed E-state index contributed by atoms with van der Waals surface area (Å²) in [7, 11) is 0. The number of aliphatic hydroxyl groups is 1. The maximum atomic E-state index is 12.3. The lowest BCUT2D eigenvalue weighted by atomic mass is 10.0. The molecule has 0 bridgehead atoms. The second kappa shape index (κ2) is 6.17. The molecule has 0 spiro atoms. The van der Waals surface area contributed by atoms with Gasteiger partial charge in [0.25, 0.3) is 5.91 Å². The smallest absolute Gasteiger partial charge is 0.406 e. The molecule has 0 saturated heterocycles. The van der Waals surface area contributed by atoms with Crippen LogP contribution in [0.1, 0.15) is 23.8 Å². The van der Waals surface area contributed by atoms with Gasteiger partial charge in [-0.2, -0.15) is 13.2 Å². The number of aromatic nitrogens is 1. The molecule has 1 atom stereocenters. The lowest BCUT2D eigenvalue weighted by Gasteiger charge is -2.21. The highest BCUT2D eigenvalue weighted by Gasteiger charge is 2.30. The number of carbonyl (C=O) groups is 2. The minimum absolute atomic E-state index is 0.224. The molecule has 21 heavy (non-hydrogen) atoms. The fourth-order valence-electron chi connectivity index (χ4n) is 1.70. The third kappa shape index (κ3) is 5.86. The van der Waals surface area contributed by atoms with Gasteiger partial charge in [0.2, 0.25) is 0 Å². The average molecular weight is 308 g/mol. The third-order valence-electron chi connectivity index (χ3n) is 2.57. The van der Waals surface area contributed by atoms with Crippen molar-refractivity contribution in [2.75, 3.05) is 6.54 Å². The van der Waals surface area contributed by atoms with Crippen LogP contribution in [-0.4, -0.2) is 45.0 Å². The van der Waals surface area contributed by atoms with E-state index in [9.17, 15) is 27.9 Å². The Hall–Kier alpha value is -2.03. The number of alkyl halides is 3. The Labute approximate surface area is 118 Å². The number of carbonyl (C=O) groups excluding carboxylic acids is 1. The highest BCUT2D eigenvalue weighted by molar-refractivity contribution is 5.92. The molecular formula is C12H15F3N2O4. The van der Waals surface area contributed by atoms with E-state index in [1.54, 1.807) is 0 Å². The van der Waals surface area contributed by atoms with Crippen LogP contribution in [0.3, 0.4) is 0 Å². The number of hydrogen-bond donors (Lipinski definition) is 3. The Morgan fingerprint density at radius 2 is 2.00 bits per heavy atom. The molecule has 0 aromatic carbocycles. The lowest BCUT2D eigenvalue weighted by Crippen LogP contribution is -2.42. The largest absolute Gasteiger partial charge is 0.481 e. The molecule has 0 radical (unpaired) electrons. The molecule has 1 unspecified atom stereocenters. The average Bonchev–Trinajstić information content (AvgIpc) is 2.69. The fourth-order valence-corrected chi connectivity index (χ4v) is 1.70. The SMILES string of the molecule is CC(O)(CNC(=O)c1cccn1CC(F)(F)F)CC(=O)O. The number of carboxylic acids is 1. The number of hydrogen-bond acceptors (Lipinski definition) is 3. The summed E-state index contributed by atoms with van der Waals surface area (Å²) in [6.07, 6.45) is -3.96. The van der Waals surface area contributed by atoms with Crippen molar-refractivity contribution in [3.05, 3.63) is 24.0 Å². The maximum absolute atomic E-state index is 12.3. The maximum Gasteiger partial charge on any atom is 0.406 e. The molecule has 1 rings (SSSR count). The molecule has 1 heterocycles.